The molecule has 1 fully saturated rings. The van der Waals surface area contributed by atoms with Gasteiger partial charge in [-0.3, -0.25) is 0 Å². The van der Waals surface area contributed by atoms with Gasteiger partial charge in [-0.05, 0) is 26.4 Å². The van der Waals surface area contributed by atoms with E-state index in [1.807, 2.05) is 19.0 Å². The molecule has 1 aromatic rings. The molecule has 1 aromatic heterocycles. The van der Waals surface area contributed by atoms with Gasteiger partial charge in [0.1, 0.15) is 5.82 Å². The summed E-state index contributed by atoms with van der Waals surface area (Å²) in [5, 5.41) is 0. The number of nitrogens with one attached hydrogen (secondary N) is 1. The van der Waals surface area contributed by atoms with E-state index in [2.05, 4.69) is 34.1 Å². The van der Waals surface area contributed by atoms with Crippen LogP contribution in [0.2, 0.25) is 0 Å². The molecular weight excluding hydrogens is 259 g/mol. The Hall–Kier alpha value is -1.47. The molecule has 112 valence electrons. The number of hydrogen-bond donors (Lipinski definition) is 2. The Balaban J connectivity index is 2.37. The third-order valence-electron chi connectivity index (χ3n) is 3.90. The van der Waals surface area contributed by atoms with Crippen LogP contribution in [0.15, 0.2) is 0 Å². The van der Waals surface area contributed by atoms with Gasteiger partial charge in [-0.25, -0.2) is 15.8 Å². The van der Waals surface area contributed by atoms with Crippen LogP contribution in [-0.2, 0) is 0 Å². The van der Waals surface area contributed by atoms with Crippen LogP contribution in [0, 0.1) is 18.2 Å². The number of nitrogens with two attached hydrogens (primary N) is 1. The lowest BCUT2D eigenvalue weighted by molar-refractivity contribution is 0.188. The van der Waals surface area contributed by atoms with Crippen LogP contribution in [0.3, 0.4) is 0 Å². The lowest BCUT2D eigenvalue weighted by Gasteiger charge is -2.30. The quantitative estimate of drug-likeness (QED) is 0.636. The lowest BCUT2D eigenvalue weighted by atomic mass is 9.87. The number of likely N-dealkylation sites (N-methyl/N-ethyl adjacent to an activating group) is 1. The molecule has 2 heterocycles. The highest BCUT2D eigenvalue weighted by Gasteiger charge is 2.42. The Morgan fingerprint density at radius 2 is 2.05 bits per heavy atom. The van der Waals surface area contributed by atoms with E-state index in [1.165, 1.54) is 0 Å². The molecule has 7 heteroatoms. The van der Waals surface area contributed by atoms with Crippen molar-refractivity contribution in [2.45, 2.75) is 26.8 Å². The molecule has 0 spiro atoms. The molecule has 1 saturated heterocycles. The largest absolute Gasteiger partial charge is 0.352 e. The molecule has 2 rings (SSSR count). The lowest BCUT2D eigenvalue weighted by Crippen LogP contribution is -2.40. The topological polar surface area (TPSA) is 70.3 Å². The molecule has 0 aromatic carbocycles. The summed E-state index contributed by atoms with van der Waals surface area (Å²) in [6.45, 7) is 7.58. The van der Waals surface area contributed by atoms with Gasteiger partial charge < -0.3 is 15.2 Å². The molecule has 0 saturated carbocycles. The Kier molecular flexibility index (Phi) is 3.84. The number of hydrazine groups is 1. The first kappa shape index (κ1) is 14.9. The summed E-state index contributed by atoms with van der Waals surface area (Å²) in [6.07, 6.45) is 0. The molecule has 1 unspecified atom stereocenters. The zero-order valence-electron chi connectivity index (χ0n) is 12.7. The van der Waals surface area contributed by atoms with Gasteiger partial charge in [-0.1, -0.05) is 13.8 Å². The van der Waals surface area contributed by atoms with Crippen LogP contribution >= 0.6 is 0 Å². The molecule has 0 amide bonds. The third-order valence-corrected chi connectivity index (χ3v) is 3.90. The summed E-state index contributed by atoms with van der Waals surface area (Å²) in [5.74, 6) is 5.68. The number of rotatable bonds is 3. The molecule has 0 radical (unpaired) electrons. The van der Waals surface area contributed by atoms with Gasteiger partial charge in [0.25, 0.3) is 0 Å². The summed E-state index contributed by atoms with van der Waals surface area (Å²) in [5.41, 5.74) is 2.35. The summed E-state index contributed by atoms with van der Waals surface area (Å²) in [4.78, 5) is 12.3. The molecule has 1 aliphatic rings. The Labute approximate surface area is 119 Å². The maximum atomic E-state index is 14.4. The molecule has 3 N–H and O–H groups in total. The first-order valence-electron chi connectivity index (χ1n) is 6.68. The number of hydrogen-bond acceptors (Lipinski definition) is 6. The maximum absolute atomic E-state index is 14.4. The molecular formula is C13H23FN6. The predicted octanol–water partition coefficient (Wildman–Crippen LogP) is 0.986. The van der Waals surface area contributed by atoms with Gasteiger partial charge in [-0.15, -0.1) is 0 Å². The summed E-state index contributed by atoms with van der Waals surface area (Å²) in [7, 11) is 4.09. The zero-order valence-corrected chi connectivity index (χ0v) is 12.7. The monoisotopic (exact) mass is 282 g/mol. The first-order chi connectivity index (χ1) is 9.26. The summed E-state index contributed by atoms with van der Waals surface area (Å²) < 4.78 is 14.4. The van der Waals surface area contributed by atoms with Crippen molar-refractivity contribution >= 4 is 11.6 Å². The minimum Gasteiger partial charge on any atom is -0.352 e. The fraction of sp³-hybridized carbons (Fsp3) is 0.692. The maximum Gasteiger partial charge on any atom is 0.209 e. The number of aryl methyl sites for hydroxylation is 1. The van der Waals surface area contributed by atoms with Crippen LogP contribution < -0.4 is 16.2 Å². The van der Waals surface area contributed by atoms with Gasteiger partial charge in [0, 0.05) is 19.1 Å². The minimum absolute atomic E-state index is 0.0404. The van der Waals surface area contributed by atoms with E-state index in [9.17, 15) is 4.39 Å². The van der Waals surface area contributed by atoms with Crippen LogP contribution in [0.4, 0.5) is 16.0 Å². The fourth-order valence-electron chi connectivity index (χ4n) is 2.99. The van der Waals surface area contributed by atoms with Crippen molar-refractivity contribution in [2.75, 3.05) is 37.5 Å². The molecule has 0 aliphatic carbocycles. The van der Waals surface area contributed by atoms with Crippen molar-refractivity contribution < 1.29 is 4.39 Å². The predicted molar refractivity (Wildman–Crippen MR) is 78.0 cm³/mol. The second kappa shape index (κ2) is 5.14. The van der Waals surface area contributed by atoms with E-state index < -0.39 is 5.82 Å². The Bertz CT molecular complexity index is 502. The average Bonchev–Trinajstić information content (AvgIpc) is 2.67. The van der Waals surface area contributed by atoms with Crippen molar-refractivity contribution in [3.63, 3.8) is 0 Å². The third kappa shape index (κ3) is 2.55. The molecule has 0 bridgehead atoms. The van der Waals surface area contributed by atoms with Crippen LogP contribution in [0.1, 0.15) is 19.7 Å². The average molecular weight is 282 g/mol. The van der Waals surface area contributed by atoms with Gasteiger partial charge in [0.15, 0.2) is 11.6 Å². The molecule has 1 atom stereocenters. The van der Waals surface area contributed by atoms with Crippen molar-refractivity contribution in [3.05, 3.63) is 11.6 Å². The second-order valence-electron chi connectivity index (χ2n) is 6.25. The molecule has 20 heavy (non-hydrogen) atoms. The smallest absolute Gasteiger partial charge is 0.209 e. The minimum atomic E-state index is -0.492. The van der Waals surface area contributed by atoms with Crippen molar-refractivity contribution in [1.29, 1.82) is 0 Å². The van der Waals surface area contributed by atoms with Crippen molar-refractivity contribution in [1.82, 2.24) is 14.9 Å². The Morgan fingerprint density at radius 3 is 2.55 bits per heavy atom. The van der Waals surface area contributed by atoms with Gasteiger partial charge in [0.05, 0.1) is 0 Å². The Morgan fingerprint density at radius 1 is 1.40 bits per heavy atom. The molecule has 6 nitrogen and oxygen atoms in total. The van der Waals surface area contributed by atoms with Crippen LogP contribution in [0.5, 0.6) is 0 Å². The number of nitrogens with zero attached hydrogens (tertiary/aromatic N) is 4. The van der Waals surface area contributed by atoms with E-state index in [0.29, 0.717) is 17.7 Å². The zero-order chi connectivity index (χ0) is 15.1. The standard InChI is InChI=1S/C13H23FN6/c1-8-16-11(18-15)10(14)12(17-8)20-6-9(19(4)5)13(2,3)7-20/h9H,6-7,15H2,1-5H3,(H,16,17,18). The van der Waals surface area contributed by atoms with Gasteiger partial charge in [0.2, 0.25) is 5.82 Å². The number of aromatic nitrogens is 2. The van der Waals surface area contributed by atoms with E-state index in [1.54, 1.807) is 6.92 Å². The van der Waals surface area contributed by atoms with Crippen molar-refractivity contribution in [3.8, 4) is 0 Å². The van der Waals surface area contributed by atoms with E-state index in [4.69, 9.17) is 5.84 Å². The highest BCUT2D eigenvalue weighted by molar-refractivity contribution is 5.52. The van der Waals surface area contributed by atoms with Crippen molar-refractivity contribution in [2.24, 2.45) is 11.3 Å². The van der Waals surface area contributed by atoms with Crippen LogP contribution in [-0.4, -0.2) is 48.1 Å². The van der Waals surface area contributed by atoms with E-state index in [-0.39, 0.29) is 11.2 Å². The normalized spacial score (nSPS) is 21.6. The number of anilines is 2. The fourth-order valence-corrected chi connectivity index (χ4v) is 2.99. The first-order valence-corrected chi connectivity index (χ1v) is 6.68. The SMILES string of the molecule is Cc1nc(NN)c(F)c(N2CC(N(C)C)C(C)(C)C2)n1. The highest BCUT2D eigenvalue weighted by atomic mass is 19.1. The van der Waals surface area contributed by atoms with E-state index >= 15 is 0 Å². The van der Waals surface area contributed by atoms with Gasteiger partial charge in [-0.2, -0.15) is 4.39 Å². The van der Waals surface area contributed by atoms with Gasteiger partial charge >= 0.3 is 0 Å². The number of nitrogen functional groups attached to an aromatic ring is 1. The van der Waals surface area contributed by atoms with Crippen LogP contribution in [0.25, 0.3) is 0 Å². The van der Waals surface area contributed by atoms with E-state index in [0.717, 1.165) is 13.1 Å². The highest BCUT2D eigenvalue weighted by Crippen LogP contribution is 2.36. The second-order valence-corrected chi connectivity index (χ2v) is 6.25. The summed E-state index contributed by atoms with van der Waals surface area (Å²) >= 11 is 0. The number of halogens is 1. The summed E-state index contributed by atoms with van der Waals surface area (Å²) in [6, 6.07) is 0.339. The molecule has 1 aliphatic heterocycles.